The van der Waals surface area contributed by atoms with Crippen molar-refractivity contribution in [2.45, 2.75) is 4.90 Å². The summed E-state index contributed by atoms with van der Waals surface area (Å²) >= 11 is 7.45. The van der Waals surface area contributed by atoms with E-state index in [4.69, 9.17) is 11.6 Å². The molecule has 0 aliphatic carbocycles. The lowest BCUT2D eigenvalue weighted by Crippen LogP contribution is -2.00. The number of carbonyl (C=O) groups excluding carboxylic acids is 1. The molecule has 4 heteroatoms. The minimum absolute atomic E-state index is 0.338. The molecule has 1 aliphatic heterocycles. The lowest BCUT2D eigenvalue weighted by molar-refractivity contribution is -0.104. The summed E-state index contributed by atoms with van der Waals surface area (Å²) in [5.74, 6) is 0.218. The molecule has 0 aromatic heterocycles. The van der Waals surface area contributed by atoms with Gasteiger partial charge in [-0.1, -0.05) is 11.6 Å². The first-order valence-corrected chi connectivity index (χ1v) is 5.35. The van der Waals surface area contributed by atoms with Crippen LogP contribution in [0.3, 0.4) is 0 Å². The van der Waals surface area contributed by atoms with E-state index in [2.05, 4.69) is 0 Å². The van der Waals surface area contributed by atoms with E-state index in [9.17, 15) is 9.18 Å². The molecule has 0 amide bonds. The van der Waals surface area contributed by atoms with E-state index in [1.807, 2.05) is 0 Å². The van der Waals surface area contributed by atoms with E-state index in [0.717, 1.165) is 11.2 Å². The predicted octanol–water partition coefficient (Wildman–Crippen LogP) is 3.08. The number of rotatable bonds is 1. The Labute approximate surface area is 89.9 Å². The fourth-order valence-corrected chi connectivity index (χ4v) is 2.68. The largest absolute Gasteiger partial charge is 0.298 e. The summed E-state index contributed by atoms with van der Waals surface area (Å²) in [5.41, 5.74) is 1.14. The van der Waals surface area contributed by atoms with E-state index < -0.39 is 0 Å². The van der Waals surface area contributed by atoms with Crippen molar-refractivity contribution in [3.8, 4) is 0 Å². The number of fused-ring (bicyclic) bond motifs is 1. The number of hydrogen-bond donors (Lipinski definition) is 0. The van der Waals surface area contributed by atoms with E-state index >= 15 is 0 Å². The van der Waals surface area contributed by atoms with Crippen molar-refractivity contribution in [2.24, 2.45) is 0 Å². The van der Waals surface area contributed by atoms with Gasteiger partial charge in [-0.15, -0.1) is 11.8 Å². The third-order valence-corrected chi connectivity index (χ3v) is 3.55. The van der Waals surface area contributed by atoms with Gasteiger partial charge in [0.25, 0.3) is 0 Å². The Morgan fingerprint density at radius 3 is 3.00 bits per heavy atom. The third-order valence-electron chi connectivity index (χ3n) is 1.99. The summed E-state index contributed by atoms with van der Waals surface area (Å²) in [7, 11) is 0. The minimum atomic E-state index is -0.338. The zero-order valence-corrected chi connectivity index (χ0v) is 8.66. The molecular weight excluding hydrogens is 223 g/mol. The van der Waals surface area contributed by atoms with Crippen LogP contribution < -0.4 is 0 Å². The number of benzene rings is 1. The molecule has 0 bridgehead atoms. The third kappa shape index (κ3) is 1.57. The molecule has 1 heterocycles. The molecule has 0 radical (unpaired) electrons. The Hall–Kier alpha value is -0.800. The first kappa shape index (κ1) is 9.74. The van der Waals surface area contributed by atoms with Crippen LogP contribution in [0.25, 0.3) is 5.03 Å². The van der Waals surface area contributed by atoms with Crippen LogP contribution in [-0.2, 0) is 4.79 Å². The summed E-state index contributed by atoms with van der Waals surface area (Å²) in [4.78, 5) is 11.5. The van der Waals surface area contributed by atoms with Crippen molar-refractivity contribution in [2.75, 3.05) is 5.75 Å². The summed E-state index contributed by atoms with van der Waals surface area (Å²) in [6, 6.07) is 4.43. The predicted molar refractivity (Wildman–Crippen MR) is 56.0 cm³/mol. The van der Waals surface area contributed by atoms with Crippen LogP contribution >= 0.6 is 23.4 Å². The summed E-state index contributed by atoms with van der Waals surface area (Å²) in [6.45, 7) is 0. The van der Waals surface area contributed by atoms with E-state index in [1.165, 1.54) is 23.9 Å². The topological polar surface area (TPSA) is 17.1 Å². The summed E-state index contributed by atoms with van der Waals surface area (Å²) < 4.78 is 12.9. The molecule has 72 valence electrons. The molecular formula is C10H6ClFOS. The molecule has 1 aromatic carbocycles. The molecule has 0 fully saturated rings. The normalized spacial score (nSPS) is 15.3. The molecule has 1 aliphatic rings. The Bertz CT molecular complexity index is 428. The fourth-order valence-electron chi connectivity index (χ4n) is 1.28. The Balaban J connectivity index is 2.60. The van der Waals surface area contributed by atoms with Gasteiger partial charge in [0.1, 0.15) is 12.1 Å². The van der Waals surface area contributed by atoms with Crippen molar-refractivity contribution in [3.63, 3.8) is 0 Å². The molecule has 0 N–H and O–H groups in total. The first-order chi connectivity index (χ1) is 6.72. The van der Waals surface area contributed by atoms with Crippen LogP contribution in [0, 0.1) is 5.82 Å². The van der Waals surface area contributed by atoms with Crippen molar-refractivity contribution in [1.82, 2.24) is 0 Å². The molecule has 1 nitrogen and oxygen atoms in total. The number of thioether (sulfide) groups is 1. The standard InChI is InChI=1S/C10H6ClFOS/c11-10-6(4-13)5-14-9-2-1-7(12)3-8(9)10/h1-4H,5H2. The fraction of sp³-hybridized carbons (Fsp3) is 0.100. The molecule has 0 spiro atoms. The highest BCUT2D eigenvalue weighted by molar-refractivity contribution is 7.99. The van der Waals surface area contributed by atoms with Crippen LogP contribution in [0.5, 0.6) is 0 Å². The zero-order valence-electron chi connectivity index (χ0n) is 7.09. The molecule has 1 aromatic rings. The van der Waals surface area contributed by atoms with Crippen molar-refractivity contribution in [3.05, 3.63) is 35.2 Å². The van der Waals surface area contributed by atoms with Crippen LogP contribution in [0.15, 0.2) is 28.7 Å². The second-order valence-electron chi connectivity index (χ2n) is 2.89. The Morgan fingerprint density at radius 2 is 2.29 bits per heavy atom. The van der Waals surface area contributed by atoms with E-state index in [1.54, 1.807) is 6.07 Å². The van der Waals surface area contributed by atoms with Gasteiger partial charge in [0.15, 0.2) is 0 Å². The highest BCUT2D eigenvalue weighted by Gasteiger charge is 2.17. The lowest BCUT2D eigenvalue weighted by atomic mass is 10.1. The molecule has 14 heavy (non-hydrogen) atoms. The summed E-state index contributed by atoms with van der Waals surface area (Å²) in [6.07, 6.45) is 0.725. The van der Waals surface area contributed by atoms with Gasteiger partial charge in [-0.2, -0.15) is 0 Å². The molecule has 0 saturated carbocycles. The Morgan fingerprint density at radius 1 is 1.50 bits per heavy atom. The lowest BCUT2D eigenvalue weighted by Gasteiger charge is -2.15. The van der Waals surface area contributed by atoms with Crippen LogP contribution in [0.4, 0.5) is 4.39 Å². The number of halogens is 2. The van der Waals surface area contributed by atoms with Crippen LogP contribution in [0.1, 0.15) is 5.56 Å². The van der Waals surface area contributed by atoms with Gasteiger partial charge >= 0.3 is 0 Å². The second-order valence-corrected chi connectivity index (χ2v) is 4.28. The average molecular weight is 229 g/mol. The van der Waals surface area contributed by atoms with Crippen molar-refractivity contribution in [1.29, 1.82) is 0 Å². The van der Waals surface area contributed by atoms with Crippen LogP contribution in [-0.4, -0.2) is 12.0 Å². The maximum absolute atomic E-state index is 12.9. The highest BCUT2D eigenvalue weighted by atomic mass is 35.5. The van der Waals surface area contributed by atoms with Gasteiger partial charge in [-0.25, -0.2) is 4.39 Å². The van der Waals surface area contributed by atoms with Gasteiger partial charge in [0, 0.05) is 21.8 Å². The average Bonchev–Trinajstić information content (AvgIpc) is 2.20. The molecule has 0 unspecified atom stereocenters. The zero-order chi connectivity index (χ0) is 10.1. The molecule has 0 saturated heterocycles. The first-order valence-electron chi connectivity index (χ1n) is 3.99. The maximum Gasteiger partial charge on any atom is 0.148 e. The Kier molecular flexibility index (Phi) is 2.61. The highest BCUT2D eigenvalue weighted by Crippen LogP contribution is 2.38. The second kappa shape index (κ2) is 3.75. The number of aldehydes is 1. The molecule has 0 atom stereocenters. The van der Waals surface area contributed by atoms with Gasteiger partial charge in [-0.3, -0.25) is 4.79 Å². The van der Waals surface area contributed by atoms with Crippen molar-refractivity contribution >= 4 is 34.7 Å². The van der Waals surface area contributed by atoms with Crippen molar-refractivity contribution < 1.29 is 9.18 Å². The minimum Gasteiger partial charge on any atom is -0.298 e. The van der Waals surface area contributed by atoms with Gasteiger partial charge in [-0.05, 0) is 18.2 Å². The SMILES string of the molecule is O=CC1=C(Cl)c2cc(F)ccc2SC1. The van der Waals surface area contributed by atoms with Gasteiger partial charge in [0.05, 0.1) is 5.03 Å². The maximum atomic E-state index is 12.9. The summed E-state index contributed by atoms with van der Waals surface area (Å²) in [5, 5.41) is 0.369. The monoisotopic (exact) mass is 228 g/mol. The van der Waals surface area contributed by atoms with Crippen LogP contribution in [0.2, 0.25) is 0 Å². The van der Waals surface area contributed by atoms with E-state index in [-0.39, 0.29) is 5.82 Å². The van der Waals surface area contributed by atoms with Gasteiger partial charge in [0.2, 0.25) is 0 Å². The molecule has 2 rings (SSSR count). The quantitative estimate of drug-likeness (QED) is 0.688. The van der Waals surface area contributed by atoms with E-state index in [0.29, 0.717) is 21.9 Å². The smallest absolute Gasteiger partial charge is 0.148 e. The number of hydrogen-bond acceptors (Lipinski definition) is 2. The van der Waals surface area contributed by atoms with Gasteiger partial charge < -0.3 is 0 Å². The number of carbonyl (C=O) groups is 1.